The SMILES string of the molecule is COC(=O)C1=C(C)N(c2ccc(OC)c(OC)c2)C(=O)/C1=C\c1cccc([N+](=O)[O-])c1. The second-order valence-corrected chi connectivity index (χ2v) is 6.54. The number of allylic oxidation sites excluding steroid dienone is 1. The second-order valence-electron chi connectivity index (χ2n) is 6.54. The molecule has 2 aromatic carbocycles. The Morgan fingerprint density at radius 1 is 1.06 bits per heavy atom. The van der Waals surface area contributed by atoms with Crippen LogP contribution in [0.3, 0.4) is 0 Å². The molecule has 1 heterocycles. The van der Waals surface area contributed by atoms with Crippen LogP contribution >= 0.6 is 0 Å². The smallest absolute Gasteiger partial charge is 0.340 e. The summed E-state index contributed by atoms with van der Waals surface area (Å²) < 4.78 is 15.4. The Morgan fingerprint density at radius 3 is 2.39 bits per heavy atom. The fourth-order valence-corrected chi connectivity index (χ4v) is 3.35. The minimum Gasteiger partial charge on any atom is -0.493 e. The summed E-state index contributed by atoms with van der Waals surface area (Å²) in [6, 6.07) is 10.7. The molecule has 0 saturated heterocycles. The van der Waals surface area contributed by atoms with Gasteiger partial charge in [0.15, 0.2) is 11.5 Å². The number of hydrogen-bond acceptors (Lipinski definition) is 7. The van der Waals surface area contributed by atoms with E-state index in [0.717, 1.165) is 0 Å². The lowest BCUT2D eigenvalue weighted by Gasteiger charge is -2.19. The summed E-state index contributed by atoms with van der Waals surface area (Å²) in [5.41, 5.74) is 1.25. The lowest BCUT2D eigenvalue weighted by Crippen LogP contribution is -2.24. The van der Waals surface area contributed by atoms with Crippen LogP contribution in [0, 0.1) is 10.1 Å². The van der Waals surface area contributed by atoms with Crippen LogP contribution in [0.25, 0.3) is 6.08 Å². The van der Waals surface area contributed by atoms with E-state index in [-0.39, 0.29) is 16.8 Å². The van der Waals surface area contributed by atoms with Gasteiger partial charge < -0.3 is 14.2 Å². The van der Waals surface area contributed by atoms with E-state index >= 15 is 0 Å². The number of esters is 1. The fraction of sp³-hybridized carbons (Fsp3) is 0.182. The highest BCUT2D eigenvalue weighted by Gasteiger charge is 2.38. The molecule has 0 radical (unpaired) electrons. The lowest BCUT2D eigenvalue weighted by molar-refractivity contribution is -0.384. The lowest BCUT2D eigenvalue weighted by atomic mass is 10.0. The molecule has 0 unspecified atom stereocenters. The average Bonchev–Trinajstić information content (AvgIpc) is 3.02. The Hall–Kier alpha value is -4.14. The molecule has 3 rings (SSSR count). The zero-order valence-corrected chi connectivity index (χ0v) is 17.4. The van der Waals surface area contributed by atoms with E-state index in [1.165, 1.54) is 50.5 Å². The van der Waals surface area contributed by atoms with Gasteiger partial charge in [-0.25, -0.2) is 4.79 Å². The second kappa shape index (κ2) is 8.70. The van der Waals surface area contributed by atoms with Crippen molar-refractivity contribution in [2.24, 2.45) is 0 Å². The number of nitro groups is 1. The zero-order chi connectivity index (χ0) is 22.7. The number of nitrogens with zero attached hydrogens (tertiary/aromatic N) is 2. The van der Waals surface area contributed by atoms with E-state index in [2.05, 4.69) is 0 Å². The Bertz CT molecular complexity index is 1130. The number of hydrogen-bond donors (Lipinski definition) is 0. The van der Waals surface area contributed by atoms with Crippen molar-refractivity contribution in [1.29, 1.82) is 0 Å². The maximum atomic E-state index is 13.3. The van der Waals surface area contributed by atoms with Gasteiger partial charge in [0.2, 0.25) is 0 Å². The highest BCUT2D eigenvalue weighted by Crippen LogP contribution is 2.39. The van der Waals surface area contributed by atoms with Gasteiger partial charge in [0.1, 0.15) is 0 Å². The summed E-state index contributed by atoms with van der Waals surface area (Å²) in [5.74, 6) is -0.265. The first-order valence-corrected chi connectivity index (χ1v) is 9.14. The van der Waals surface area contributed by atoms with Crippen LogP contribution in [-0.4, -0.2) is 38.1 Å². The number of ether oxygens (including phenoxy) is 3. The standard InChI is InChI=1S/C22H20N2O7/c1-13-20(22(26)31-4)17(11-14-6-5-7-16(10-14)24(27)28)21(25)23(13)15-8-9-18(29-2)19(12-15)30-3/h5-12H,1-4H3/b17-11-. The summed E-state index contributed by atoms with van der Waals surface area (Å²) in [4.78, 5) is 37.7. The van der Waals surface area contributed by atoms with Crippen LogP contribution in [0.5, 0.6) is 11.5 Å². The van der Waals surface area contributed by atoms with Gasteiger partial charge >= 0.3 is 5.97 Å². The van der Waals surface area contributed by atoms with Crippen LogP contribution in [0.1, 0.15) is 12.5 Å². The van der Waals surface area contributed by atoms with Crippen LogP contribution in [0.15, 0.2) is 59.3 Å². The molecule has 0 fully saturated rings. The first-order chi connectivity index (χ1) is 14.8. The first kappa shape index (κ1) is 21.6. The van der Waals surface area contributed by atoms with Crippen LogP contribution in [-0.2, 0) is 14.3 Å². The largest absolute Gasteiger partial charge is 0.493 e. The summed E-state index contributed by atoms with van der Waals surface area (Å²) in [6.45, 7) is 1.62. The number of nitro benzene ring substituents is 1. The fourth-order valence-electron chi connectivity index (χ4n) is 3.35. The highest BCUT2D eigenvalue weighted by atomic mass is 16.6. The molecule has 9 heteroatoms. The maximum absolute atomic E-state index is 13.3. The van der Waals surface area contributed by atoms with E-state index in [0.29, 0.717) is 28.4 Å². The molecular weight excluding hydrogens is 404 g/mol. The Morgan fingerprint density at radius 2 is 1.77 bits per heavy atom. The Kier molecular flexibility index (Phi) is 6.05. The number of methoxy groups -OCH3 is 3. The molecular formula is C22H20N2O7. The molecule has 9 nitrogen and oxygen atoms in total. The predicted molar refractivity (Wildman–Crippen MR) is 113 cm³/mol. The van der Waals surface area contributed by atoms with Crippen molar-refractivity contribution in [3.63, 3.8) is 0 Å². The molecule has 0 saturated carbocycles. The van der Waals surface area contributed by atoms with Crippen molar-refractivity contribution < 1.29 is 28.7 Å². The van der Waals surface area contributed by atoms with Gasteiger partial charge in [-0.05, 0) is 30.7 Å². The molecule has 0 N–H and O–H groups in total. The molecule has 160 valence electrons. The Labute approximate surface area is 178 Å². The number of rotatable bonds is 6. The van der Waals surface area contributed by atoms with Gasteiger partial charge in [-0.2, -0.15) is 0 Å². The van der Waals surface area contributed by atoms with Crippen molar-refractivity contribution in [2.45, 2.75) is 6.92 Å². The summed E-state index contributed by atoms with van der Waals surface area (Å²) in [5, 5.41) is 11.1. The minimum absolute atomic E-state index is 0.0691. The highest BCUT2D eigenvalue weighted by molar-refractivity contribution is 6.23. The molecule has 0 aliphatic carbocycles. The van der Waals surface area contributed by atoms with E-state index < -0.39 is 16.8 Å². The number of carbonyl (C=O) groups is 2. The molecule has 0 spiro atoms. The number of benzene rings is 2. The summed E-state index contributed by atoms with van der Waals surface area (Å²) in [6.07, 6.45) is 1.44. The number of amides is 1. The molecule has 0 atom stereocenters. The monoisotopic (exact) mass is 424 g/mol. The molecule has 0 bridgehead atoms. The minimum atomic E-state index is -0.689. The summed E-state index contributed by atoms with van der Waals surface area (Å²) in [7, 11) is 4.19. The third-order valence-electron chi connectivity index (χ3n) is 4.81. The number of anilines is 1. The van der Waals surface area contributed by atoms with Crippen LogP contribution < -0.4 is 14.4 Å². The Balaban J connectivity index is 2.14. The third-order valence-corrected chi connectivity index (χ3v) is 4.81. The predicted octanol–water partition coefficient (Wildman–Crippen LogP) is 3.49. The van der Waals surface area contributed by atoms with Gasteiger partial charge in [0.05, 0.1) is 43.1 Å². The quantitative estimate of drug-likeness (QED) is 0.302. The van der Waals surface area contributed by atoms with Crippen LogP contribution in [0.2, 0.25) is 0 Å². The number of non-ortho nitro benzene ring substituents is 1. The van der Waals surface area contributed by atoms with Crippen LogP contribution in [0.4, 0.5) is 11.4 Å². The van der Waals surface area contributed by atoms with Crippen molar-refractivity contribution in [2.75, 3.05) is 26.2 Å². The van der Waals surface area contributed by atoms with Crippen molar-refractivity contribution in [3.05, 3.63) is 75.0 Å². The molecule has 2 aromatic rings. The third kappa shape index (κ3) is 3.97. The zero-order valence-electron chi connectivity index (χ0n) is 17.4. The number of carbonyl (C=O) groups excluding carboxylic acids is 2. The first-order valence-electron chi connectivity index (χ1n) is 9.14. The molecule has 1 amide bonds. The van der Waals surface area contributed by atoms with Gasteiger partial charge in [0.25, 0.3) is 11.6 Å². The van der Waals surface area contributed by atoms with Gasteiger partial charge in [-0.3, -0.25) is 19.8 Å². The van der Waals surface area contributed by atoms with E-state index in [9.17, 15) is 19.7 Å². The average molecular weight is 424 g/mol. The van der Waals surface area contributed by atoms with Crippen molar-refractivity contribution in [1.82, 2.24) is 0 Å². The topological polar surface area (TPSA) is 108 Å². The van der Waals surface area contributed by atoms with Gasteiger partial charge in [0, 0.05) is 23.9 Å². The normalized spacial score (nSPS) is 14.8. The van der Waals surface area contributed by atoms with E-state index in [4.69, 9.17) is 14.2 Å². The molecule has 0 aromatic heterocycles. The van der Waals surface area contributed by atoms with Gasteiger partial charge in [-0.1, -0.05) is 12.1 Å². The van der Waals surface area contributed by atoms with E-state index in [1.54, 1.807) is 31.2 Å². The maximum Gasteiger partial charge on any atom is 0.340 e. The molecule has 31 heavy (non-hydrogen) atoms. The van der Waals surface area contributed by atoms with Gasteiger partial charge in [-0.15, -0.1) is 0 Å². The van der Waals surface area contributed by atoms with Crippen molar-refractivity contribution >= 4 is 29.3 Å². The molecule has 1 aliphatic heterocycles. The summed E-state index contributed by atoms with van der Waals surface area (Å²) >= 11 is 0. The molecule has 1 aliphatic rings. The van der Waals surface area contributed by atoms with Crippen molar-refractivity contribution in [3.8, 4) is 11.5 Å². The van der Waals surface area contributed by atoms with E-state index in [1.807, 2.05) is 0 Å².